The molecule has 0 saturated carbocycles. The third-order valence-corrected chi connectivity index (χ3v) is 4.68. The van der Waals surface area contributed by atoms with Crippen LogP contribution >= 0.6 is 11.8 Å². The number of para-hydroxylation sites is 1. The van der Waals surface area contributed by atoms with E-state index in [1.54, 1.807) is 18.4 Å². The summed E-state index contributed by atoms with van der Waals surface area (Å²) in [6.07, 6.45) is 5.88. The van der Waals surface area contributed by atoms with Gasteiger partial charge in [-0.15, -0.1) is 11.8 Å². The summed E-state index contributed by atoms with van der Waals surface area (Å²) in [6.45, 7) is 2.95. The molecule has 1 aromatic carbocycles. The van der Waals surface area contributed by atoms with Crippen molar-refractivity contribution < 1.29 is 9.21 Å². The van der Waals surface area contributed by atoms with Crippen LogP contribution in [0.1, 0.15) is 19.1 Å². The molecule has 1 aliphatic rings. The van der Waals surface area contributed by atoms with Crippen LogP contribution in [0.4, 0.5) is 5.69 Å². The minimum Gasteiger partial charge on any atom is -0.465 e. The van der Waals surface area contributed by atoms with Crippen molar-refractivity contribution in [1.82, 2.24) is 0 Å². The molecule has 4 heteroatoms. The van der Waals surface area contributed by atoms with Gasteiger partial charge in [0.1, 0.15) is 5.76 Å². The zero-order chi connectivity index (χ0) is 14.7. The predicted octanol–water partition coefficient (Wildman–Crippen LogP) is 4.21. The fourth-order valence-corrected chi connectivity index (χ4v) is 3.46. The molecule has 108 valence electrons. The summed E-state index contributed by atoms with van der Waals surface area (Å²) in [7, 11) is 0. The average Bonchev–Trinajstić information content (AvgIpc) is 2.94. The van der Waals surface area contributed by atoms with Crippen molar-refractivity contribution in [2.45, 2.75) is 23.5 Å². The Balaban J connectivity index is 1.85. The van der Waals surface area contributed by atoms with E-state index in [0.29, 0.717) is 11.0 Å². The molecule has 21 heavy (non-hydrogen) atoms. The first-order valence-corrected chi connectivity index (χ1v) is 7.91. The van der Waals surface area contributed by atoms with Gasteiger partial charge in [-0.1, -0.05) is 19.1 Å². The number of hydrogen-bond acceptors (Lipinski definition) is 3. The summed E-state index contributed by atoms with van der Waals surface area (Å²) in [5.74, 6) is 0.683. The third kappa shape index (κ3) is 3.22. The lowest BCUT2D eigenvalue weighted by Gasteiger charge is -2.20. The van der Waals surface area contributed by atoms with Gasteiger partial charge in [0, 0.05) is 22.8 Å². The van der Waals surface area contributed by atoms with Gasteiger partial charge < -0.3 is 9.32 Å². The zero-order valence-electron chi connectivity index (χ0n) is 11.9. The van der Waals surface area contributed by atoms with Crippen LogP contribution in [0.3, 0.4) is 0 Å². The second-order valence-electron chi connectivity index (χ2n) is 5.02. The van der Waals surface area contributed by atoms with Gasteiger partial charge in [-0.05, 0) is 36.8 Å². The number of benzene rings is 1. The molecular weight excluding hydrogens is 282 g/mol. The van der Waals surface area contributed by atoms with Crippen LogP contribution in [0.5, 0.6) is 0 Å². The molecule has 3 rings (SSSR count). The topological polar surface area (TPSA) is 33.5 Å². The van der Waals surface area contributed by atoms with Crippen LogP contribution in [0.15, 0.2) is 58.1 Å². The molecule has 0 aliphatic carbocycles. The highest BCUT2D eigenvalue weighted by Crippen LogP contribution is 2.37. The summed E-state index contributed by atoms with van der Waals surface area (Å²) in [4.78, 5) is 15.5. The standard InChI is InChI=1S/C17H17NO2S/c1-13-10-11-18(15-6-2-3-7-16(15)21-13)17(19)9-8-14-5-4-12-20-14/h2-9,12-13H,10-11H2,1H3. The molecular formula is C17H17NO2S. The molecule has 0 N–H and O–H groups in total. The predicted molar refractivity (Wildman–Crippen MR) is 86.5 cm³/mol. The minimum atomic E-state index is -0.00597. The first kappa shape index (κ1) is 14.0. The van der Waals surface area contributed by atoms with Crippen molar-refractivity contribution >= 4 is 29.4 Å². The lowest BCUT2D eigenvalue weighted by molar-refractivity contribution is -0.114. The monoisotopic (exact) mass is 299 g/mol. The largest absolute Gasteiger partial charge is 0.465 e. The van der Waals surface area contributed by atoms with E-state index in [0.717, 1.165) is 18.7 Å². The summed E-state index contributed by atoms with van der Waals surface area (Å²) in [6, 6.07) is 11.7. The van der Waals surface area contributed by atoms with Crippen LogP contribution in [-0.4, -0.2) is 17.7 Å². The first-order valence-electron chi connectivity index (χ1n) is 7.03. The van der Waals surface area contributed by atoms with Crippen LogP contribution in [0.2, 0.25) is 0 Å². The number of hydrogen-bond donors (Lipinski definition) is 0. The molecule has 1 atom stereocenters. The number of nitrogens with zero attached hydrogens (tertiary/aromatic N) is 1. The fourth-order valence-electron chi connectivity index (χ4n) is 2.35. The van der Waals surface area contributed by atoms with Crippen molar-refractivity contribution in [3.63, 3.8) is 0 Å². The molecule has 0 radical (unpaired) electrons. The zero-order valence-corrected chi connectivity index (χ0v) is 12.7. The quantitative estimate of drug-likeness (QED) is 0.779. The number of thioether (sulfide) groups is 1. The Morgan fingerprint density at radius 1 is 1.33 bits per heavy atom. The van der Waals surface area contributed by atoms with Gasteiger partial charge >= 0.3 is 0 Å². The molecule has 2 aromatic rings. The van der Waals surface area contributed by atoms with E-state index in [9.17, 15) is 4.79 Å². The van der Waals surface area contributed by atoms with Crippen LogP contribution in [-0.2, 0) is 4.79 Å². The van der Waals surface area contributed by atoms with E-state index < -0.39 is 0 Å². The maximum absolute atomic E-state index is 12.5. The average molecular weight is 299 g/mol. The minimum absolute atomic E-state index is 0.00597. The smallest absolute Gasteiger partial charge is 0.251 e. The Bertz CT molecular complexity index is 649. The van der Waals surface area contributed by atoms with E-state index in [1.807, 2.05) is 47.0 Å². The lowest BCUT2D eigenvalue weighted by atomic mass is 10.2. The molecule has 1 aliphatic heterocycles. The summed E-state index contributed by atoms with van der Waals surface area (Å²) >= 11 is 1.83. The first-order chi connectivity index (χ1) is 10.2. The van der Waals surface area contributed by atoms with E-state index >= 15 is 0 Å². The Morgan fingerprint density at radius 2 is 2.19 bits per heavy atom. The number of fused-ring (bicyclic) bond motifs is 1. The van der Waals surface area contributed by atoms with E-state index in [1.165, 1.54) is 4.90 Å². The fraction of sp³-hybridized carbons (Fsp3) is 0.235. The summed E-state index contributed by atoms with van der Waals surface area (Å²) in [5.41, 5.74) is 1.00. The van der Waals surface area contributed by atoms with Crippen LogP contribution in [0, 0.1) is 0 Å². The highest BCUT2D eigenvalue weighted by atomic mass is 32.2. The second kappa shape index (κ2) is 6.22. The van der Waals surface area contributed by atoms with Crippen LogP contribution in [0.25, 0.3) is 6.08 Å². The van der Waals surface area contributed by atoms with Crippen molar-refractivity contribution in [3.05, 3.63) is 54.5 Å². The highest BCUT2D eigenvalue weighted by molar-refractivity contribution is 8.00. The molecule has 0 fully saturated rings. The van der Waals surface area contributed by atoms with Gasteiger partial charge in [0.05, 0.1) is 12.0 Å². The Morgan fingerprint density at radius 3 is 3.00 bits per heavy atom. The van der Waals surface area contributed by atoms with Gasteiger partial charge in [-0.2, -0.15) is 0 Å². The third-order valence-electron chi connectivity index (χ3n) is 3.44. The number of anilines is 1. The number of carbonyl (C=O) groups is 1. The molecule has 1 aromatic heterocycles. The molecule has 0 spiro atoms. The number of carbonyl (C=O) groups excluding carboxylic acids is 1. The number of amides is 1. The van der Waals surface area contributed by atoms with Gasteiger partial charge in [0.15, 0.2) is 0 Å². The SMILES string of the molecule is CC1CCN(C(=O)C=Cc2ccco2)c2ccccc2S1. The van der Waals surface area contributed by atoms with Crippen LogP contribution < -0.4 is 4.90 Å². The Hall–Kier alpha value is -1.94. The van der Waals surface area contributed by atoms with Gasteiger partial charge in [-0.3, -0.25) is 4.79 Å². The van der Waals surface area contributed by atoms with Crippen molar-refractivity contribution in [1.29, 1.82) is 0 Å². The lowest BCUT2D eigenvalue weighted by Crippen LogP contribution is -2.30. The van der Waals surface area contributed by atoms with Crippen molar-refractivity contribution in [3.8, 4) is 0 Å². The maximum atomic E-state index is 12.5. The Labute approximate surface area is 128 Å². The molecule has 2 heterocycles. The van der Waals surface area contributed by atoms with Crippen molar-refractivity contribution in [2.24, 2.45) is 0 Å². The molecule has 1 amide bonds. The van der Waals surface area contributed by atoms with Crippen molar-refractivity contribution in [2.75, 3.05) is 11.4 Å². The maximum Gasteiger partial charge on any atom is 0.251 e. The number of rotatable bonds is 2. The van der Waals surface area contributed by atoms with E-state index in [-0.39, 0.29) is 5.91 Å². The van der Waals surface area contributed by atoms with Gasteiger partial charge in [0.25, 0.3) is 5.91 Å². The summed E-state index contributed by atoms with van der Waals surface area (Å²) < 4.78 is 5.22. The normalized spacial score (nSPS) is 18.5. The molecule has 3 nitrogen and oxygen atoms in total. The van der Waals surface area contributed by atoms with E-state index in [4.69, 9.17) is 4.42 Å². The molecule has 1 unspecified atom stereocenters. The van der Waals surface area contributed by atoms with Gasteiger partial charge in [-0.25, -0.2) is 0 Å². The molecule has 0 bridgehead atoms. The second-order valence-corrected chi connectivity index (χ2v) is 6.50. The highest BCUT2D eigenvalue weighted by Gasteiger charge is 2.22. The number of furan rings is 1. The van der Waals surface area contributed by atoms with E-state index in [2.05, 4.69) is 13.0 Å². The Kier molecular flexibility index (Phi) is 4.15. The van der Waals surface area contributed by atoms with Gasteiger partial charge in [0.2, 0.25) is 0 Å². The molecule has 0 saturated heterocycles. The summed E-state index contributed by atoms with van der Waals surface area (Å²) in [5, 5.41) is 0.512.